The van der Waals surface area contributed by atoms with E-state index in [1.165, 1.54) is 0 Å². The number of hydrogen-bond acceptors (Lipinski definition) is 3. The summed E-state index contributed by atoms with van der Waals surface area (Å²) in [5.74, 6) is 0.808. The number of hydrogen-bond donors (Lipinski definition) is 1. The zero-order chi connectivity index (χ0) is 9.31. The largest absolute Gasteiger partial charge is 0.495 e. The summed E-state index contributed by atoms with van der Waals surface area (Å²) in [6, 6.07) is 0. The third kappa shape index (κ3) is 1.71. The molecule has 3 heteroatoms. The van der Waals surface area contributed by atoms with Gasteiger partial charge in [-0.05, 0) is 32.4 Å². The molecule has 0 radical (unpaired) electrons. The monoisotopic (exact) mass is 183 g/mol. The van der Waals surface area contributed by atoms with Crippen molar-refractivity contribution >= 4 is 0 Å². The van der Waals surface area contributed by atoms with Gasteiger partial charge in [0.2, 0.25) is 0 Å². The van der Waals surface area contributed by atoms with Crippen LogP contribution in [0.4, 0.5) is 0 Å². The molecule has 2 rings (SSSR count). The molecule has 0 aliphatic carbocycles. The number of likely N-dealkylation sites (N-methyl/N-ethyl adjacent to an activating group) is 1. The minimum Gasteiger partial charge on any atom is -0.495 e. The molecule has 0 saturated carbocycles. The average molecular weight is 183 g/mol. The maximum absolute atomic E-state index is 10.3. The van der Waals surface area contributed by atoms with E-state index in [1.54, 1.807) is 0 Å². The molecule has 74 valence electrons. The molecular formula is C10H17NO2. The maximum atomic E-state index is 10.3. The van der Waals surface area contributed by atoms with E-state index in [4.69, 9.17) is 4.74 Å². The van der Waals surface area contributed by atoms with E-state index < -0.39 is 5.60 Å². The minimum absolute atomic E-state index is 0.699. The van der Waals surface area contributed by atoms with Crippen LogP contribution in [0.3, 0.4) is 0 Å². The number of allylic oxidation sites excluding steroid dienone is 1. The lowest BCUT2D eigenvalue weighted by molar-refractivity contribution is 0.0131. The second-order valence-electron chi connectivity index (χ2n) is 4.08. The molecule has 0 aromatic heterocycles. The molecule has 1 saturated heterocycles. The van der Waals surface area contributed by atoms with Crippen LogP contribution >= 0.6 is 0 Å². The van der Waals surface area contributed by atoms with Gasteiger partial charge >= 0.3 is 0 Å². The molecule has 2 aliphatic rings. The molecule has 1 atom stereocenters. The Morgan fingerprint density at radius 2 is 2.46 bits per heavy atom. The highest BCUT2D eigenvalue weighted by Gasteiger charge is 2.39. The molecule has 0 spiro atoms. The quantitative estimate of drug-likeness (QED) is 0.651. The lowest BCUT2D eigenvalue weighted by atomic mass is 9.98. The summed E-state index contributed by atoms with van der Waals surface area (Å²) in [7, 11) is 2.03. The number of likely N-dealkylation sites (tertiary alicyclic amines) is 1. The molecule has 2 aliphatic heterocycles. The topological polar surface area (TPSA) is 32.7 Å². The Balaban J connectivity index is 2.10. The van der Waals surface area contributed by atoms with Crippen molar-refractivity contribution in [1.82, 2.24) is 4.90 Å². The van der Waals surface area contributed by atoms with Gasteiger partial charge in [0, 0.05) is 13.1 Å². The number of β-amino-alcohol motifs (C(OH)–C–C–N with tert-alkyl or cyclic N) is 1. The molecule has 1 unspecified atom stereocenters. The summed E-state index contributed by atoms with van der Waals surface area (Å²) in [5.41, 5.74) is -0.699. The molecule has 3 nitrogen and oxygen atoms in total. The smallest absolute Gasteiger partial charge is 0.135 e. The highest BCUT2D eigenvalue weighted by atomic mass is 16.5. The van der Waals surface area contributed by atoms with Gasteiger partial charge in [0.1, 0.15) is 11.4 Å². The van der Waals surface area contributed by atoms with E-state index in [0.29, 0.717) is 6.54 Å². The van der Waals surface area contributed by atoms with Gasteiger partial charge in [0.15, 0.2) is 0 Å². The van der Waals surface area contributed by atoms with Gasteiger partial charge in [-0.2, -0.15) is 0 Å². The average Bonchev–Trinajstić information content (AvgIpc) is 2.49. The summed E-state index contributed by atoms with van der Waals surface area (Å²) in [6.45, 7) is 2.42. The van der Waals surface area contributed by atoms with Gasteiger partial charge in [-0.25, -0.2) is 0 Å². The Morgan fingerprint density at radius 3 is 3.00 bits per heavy atom. The highest BCUT2D eigenvalue weighted by molar-refractivity contribution is 5.15. The predicted octanol–water partition coefficient (Wildman–Crippen LogP) is 0.747. The van der Waals surface area contributed by atoms with Crippen molar-refractivity contribution in [2.24, 2.45) is 0 Å². The van der Waals surface area contributed by atoms with E-state index in [1.807, 2.05) is 13.1 Å². The summed E-state index contributed by atoms with van der Waals surface area (Å²) >= 11 is 0. The standard InChI is InChI=1S/C10H17NO2/c1-11-6-5-10(12,8-11)9-4-2-3-7-13-9/h4,12H,2-3,5-8H2,1H3. The van der Waals surface area contributed by atoms with Crippen molar-refractivity contribution in [3.63, 3.8) is 0 Å². The summed E-state index contributed by atoms with van der Waals surface area (Å²) in [5, 5.41) is 10.3. The molecule has 0 aromatic rings. The zero-order valence-corrected chi connectivity index (χ0v) is 8.12. The minimum atomic E-state index is -0.699. The molecular weight excluding hydrogens is 166 g/mol. The Kier molecular flexibility index (Phi) is 2.30. The van der Waals surface area contributed by atoms with E-state index in [9.17, 15) is 5.11 Å². The van der Waals surface area contributed by atoms with Crippen LogP contribution in [0.5, 0.6) is 0 Å². The van der Waals surface area contributed by atoms with Crippen LogP contribution in [-0.2, 0) is 4.74 Å². The summed E-state index contributed by atoms with van der Waals surface area (Å²) in [4.78, 5) is 2.14. The van der Waals surface area contributed by atoms with Gasteiger partial charge in [-0.1, -0.05) is 0 Å². The lowest BCUT2D eigenvalue weighted by Gasteiger charge is -2.28. The third-order valence-electron chi connectivity index (χ3n) is 2.83. The molecule has 0 bridgehead atoms. The first-order valence-corrected chi connectivity index (χ1v) is 4.95. The first-order valence-electron chi connectivity index (χ1n) is 4.95. The molecule has 0 aromatic carbocycles. The Labute approximate surface area is 79.0 Å². The zero-order valence-electron chi connectivity index (χ0n) is 8.12. The number of ether oxygens (including phenoxy) is 1. The van der Waals surface area contributed by atoms with Gasteiger partial charge < -0.3 is 14.7 Å². The van der Waals surface area contributed by atoms with Crippen molar-refractivity contribution in [2.45, 2.75) is 24.9 Å². The SMILES string of the molecule is CN1CCC(O)(C2=CCCCO2)C1. The highest BCUT2D eigenvalue weighted by Crippen LogP contribution is 2.30. The van der Waals surface area contributed by atoms with Crippen molar-refractivity contribution in [2.75, 3.05) is 26.7 Å². The van der Waals surface area contributed by atoms with Gasteiger partial charge in [0.05, 0.1) is 6.61 Å². The van der Waals surface area contributed by atoms with Gasteiger partial charge in [-0.3, -0.25) is 0 Å². The lowest BCUT2D eigenvalue weighted by Crippen LogP contribution is -2.36. The second-order valence-corrected chi connectivity index (χ2v) is 4.08. The van der Waals surface area contributed by atoms with Gasteiger partial charge in [-0.15, -0.1) is 0 Å². The predicted molar refractivity (Wildman–Crippen MR) is 50.3 cm³/mol. The van der Waals surface area contributed by atoms with Crippen molar-refractivity contribution in [3.05, 3.63) is 11.8 Å². The number of nitrogens with zero attached hydrogens (tertiary/aromatic N) is 1. The molecule has 1 fully saturated rings. The van der Waals surface area contributed by atoms with Crippen LogP contribution in [0.2, 0.25) is 0 Å². The molecule has 1 N–H and O–H groups in total. The van der Waals surface area contributed by atoms with Gasteiger partial charge in [0.25, 0.3) is 0 Å². The van der Waals surface area contributed by atoms with Crippen LogP contribution in [0.1, 0.15) is 19.3 Å². The molecule has 2 heterocycles. The molecule has 13 heavy (non-hydrogen) atoms. The Morgan fingerprint density at radius 1 is 1.62 bits per heavy atom. The third-order valence-corrected chi connectivity index (χ3v) is 2.83. The van der Waals surface area contributed by atoms with E-state index >= 15 is 0 Å². The van der Waals surface area contributed by atoms with E-state index in [-0.39, 0.29) is 0 Å². The summed E-state index contributed by atoms with van der Waals surface area (Å²) in [6.07, 6.45) is 4.97. The van der Waals surface area contributed by atoms with Crippen LogP contribution in [-0.4, -0.2) is 42.4 Å². The molecule has 0 amide bonds. The fourth-order valence-electron chi connectivity index (χ4n) is 2.06. The normalized spacial score (nSPS) is 35.7. The van der Waals surface area contributed by atoms with E-state index in [2.05, 4.69) is 4.90 Å². The van der Waals surface area contributed by atoms with Crippen LogP contribution < -0.4 is 0 Å². The van der Waals surface area contributed by atoms with E-state index in [0.717, 1.165) is 38.2 Å². The Hall–Kier alpha value is -0.540. The van der Waals surface area contributed by atoms with Crippen molar-refractivity contribution < 1.29 is 9.84 Å². The number of aliphatic hydroxyl groups is 1. The second kappa shape index (κ2) is 3.31. The van der Waals surface area contributed by atoms with Crippen LogP contribution in [0, 0.1) is 0 Å². The fourth-order valence-corrected chi connectivity index (χ4v) is 2.06. The summed E-state index contributed by atoms with van der Waals surface area (Å²) < 4.78 is 5.50. The van der Waals surface area contributed by atoms with Crippen molar-refractivity contribution in [3.8, 4) is 0 Å². The Bertz CT molecular complexity index is 227. The van der Waals surface area contributed by atoms with Crippen LogP contribution in [0.15, 0.2) is 11.8 Å². The fraction of sp³-hybridized carbons (Fsp3) is 0.800. The van der Waals surface area contributed by atoms with Crippen LogP contribution in [0.25, 0.3) is 0 Å². The maximum Gasteiger partial charge on any atom is 0.135 e. The first kappa shape index (κ1) is 9.03. The van der Waals surface area contributed by atoms with Crippen molar-refractivity contribution in [1.29, 1.82) is 0 Å². The number of rotatable bonds is 1. The first-order chi connectivity index (χ1) is 6.21.